The average Bonchev–Trinajstić information content (AvgIpc) is 2.96. The second-order valence-corrected chi connectivity index (χ2v) is 7.60. The normalized spacial score (nSPS) is 20.4. The van der Waals surface area contributed by atoms with Crippen molar-refractivity contribution in [3.63, 3.8) is 0 Å². The summed E-state index contributed by atoms with van der Waals surface area (Å²) < 4.78 is 42.8. The van der Waals surface area contributed by atoms with Crippen LogP contribution >= 0.6 is 11.6 Å². The molecule has 2 amide bonds. The van der Waals surface area contributed by atoms with E-state index in [0.29, 0.717) is 11.4 Å². The van der Waals surface area contributed by atoms with Crippen LogP contribution < -0.4 is 16.2 Å². The van der Waals surface area contributed by atoms with Gasteiger partial charge in [-0.05, 0) is 60.9 Å². The van der Waals surface area contributed by atoms with Crippen LogP contribution in [-0.2, 0) is 22.1 Å². The molecule has 6 nitrogen and oxygen atoms in total. The number of rotatable bonds is 4. The minimum Gasteiger partial charge on any atom is -0.469 e. The highest BCUT2D eigenvalue weighted by Gasteiger charge is 2.49. The Hall–Kier alpha value is -2.78. The smallest absolute Gasteiger partial charge is 0.416 e. The van der Waals surface area contributed by atoms with E-state index < -0.39 is 35.2 Å². The van der Waals surface area contributed by atoms with E-state index in [-0.39, 0.29) is 5.69 Å². The molecule has 0 fully saturated rings. The topological polar surface area (TPSA) is 79.5 Å². The van der Waals surface area contributed by atoms with Gasteiger partial charge in [0.25, 0.3) is 0 Å². The van der Waals surface area contributed by atoms with E-state index >= 15 is 0 Å². The van der Waals surface area contributed by atoms with Crippen molar-refractivity contribution in [2.45, 2.75) is 25.6 Å². The van der Waals surface area contributed by atoms with Crippen LogP contribution in [0, 0.1) is 5.41 Å². The van der Waals surface area contributed by atoms with Crippen molar-refractivity contribution in [1.29, 1.82) is 0 Å². The first kappa shape index (κ1) is 21.9. The number of benzene rings is 2. The molecule has 0 bridgehead atoms. The summed E-state index contributed by atoms with van der Waals surface area (Å²) in [6, 6.07) is 7.92. The van der Waals surface area contributed by atoms with Gasteiger partial charge in [0.1, 0.15) is 0 Å². The number of anilines is 1. The van der Waals surface area contributed by atoms with Gasteiger partial charge in [-0.15, -0.1) is 0 Å². The maximum atomic E-state index is 12.6. The van der Waals surface area contributed by atoms with E-state index in [1.807, 2.05) is 0 Å². The van der Waals surface area contributed by atoms with Crippen molar-refractivity contribution >= 4 is 29.3 Å². The standard InChI is InChI=1S/C20H19ClF3N3O3/c1-19(17(28)30-2)10-11-9-13(21)5-8-15(11)16(19)26-27-18(29)25-14-6-3-12(4-7-14)20(22,23)24/h3-9,16,26H,10H2,1-2H3,(H2,25,27,29). The Morgan fingerprint density at radius 2 is 1.83 bits per heavy atom. The minimum atomic E-state index is -4.46. The number of carbonyl (C=O) groups excluding carboxylic acids is 2. The Balaban J connectivity index is 1.71. The lowest BCUT2D eigenvalue weighted by Gasteiger charge is -2.30. The molecule has 30 heavy (non-hydrogen) atoms. The summed E-state index contributed by atoms with van der Waals surface area (Å²) in [4.78, 5) is 24.7. The first-order valence-electron chi connectivity index (χ1n) is 8.91. The molecule has 1 aliphatic rings. The zero-order chi connectivity index (χ0) is 22.1. The Bertz CT molecular complexity index is 966. The van der Waals surface area contributed by atoms with Crippen molar-refractivity contribution in [2.75, 3.05) is 12.4 Å². The van der Waals surface area contributed by atoms with Crippen LogP contribution in [0.15, 0.2) is 42.5 Å². The summed E-state index contributed by atoms with van der Waals surface area (Å²) in [6.07, 6.45) is -4.10. The Morgan fingerprint density at radius 1 is 1.17 bits per heavy atom. The molecular formula is C20H19ClF3N3O3. The Morgan fingerprint density at radius 3 is 2.43 bits per heavy atom. The maximum absolute atomic E-state index is 12.6. The SMILES string of the molecule is COC(=O)C1(C)Cc2cc(Cl)ccc2C1NNC(=O)Nc1ccc(C(F)(F)F)cc1. The number of hydrazine groups is 1. The molecule has 3 rings (SSSR count). The van der Waals surface area contributed by atoms with Crippen LogP contribution in [-0.4, -0.2) is 19.1 Å². The number of fused-ring (bicyclic) bond motifs is 1. The highest BCUT2D eigenvalue weighted by atomic mass is 35.5. The van der Waals surface area contributed by atoms with E-state index in [1.54, 1.807) is 25.1 Å². The van der Waals surface area contributed by atoms with Gasteiger partial charge in [-0.25, -0.2) is 10.2 Å². The van der Waals surface area contributed by atoms with Crippen LogP contribution in [0.3, 0.4) is 0 Å². The quantitative estimate of drug-likeness (QED) is 0.483. The molecular weight excluding hydrogens is 423 g/mol. The lowest BCUT2D eigenvalue weighted by atomic mass is 9.83. The second kappa shape index (κ2) is 8.16. The fourth-order valence-electron chi connectivity index (χ4n) is 3.55. The molecule has 0 heterocycles. The third-order valence-corrected chi connectivity index (χ3v) is 5.30. The van der Waals surface area contributed by atoms with E-state index in [2.05, 4.69) is 16.2 Å². The first-order chi connectivity index (χ1) is 14.0. The fraction of sp³-hybridized carbons (Fsp3) is 0.300. The van der Waals surface area contributed by atoms with E-state index in [1.165, 1.54) is 7.11 Å². The number of esters is 1. The number of hydrogen-bond donors (Lipinski definition) is 3. The highest BCUT2D eigenvalue weighted by molar-refractivity contribution is 6.30. The summed E-state index contributed by atoms with van der Waals surface area (Å²) in [5, 5.41) is 2.95. The van der Waals surface area contributed by atoms with Gasteiger partial charge in [0.15, 0.2) is 0 Å². The van der Waals surface area contributed by atoms with Crippen molar-refractivity contribution in [2.24, 2.45) is 5.41 Å². The molecule has 3 N–H and O–H groups in total. The van der Waals surface area contributed by atoms with Crippen molar-refractivity contribution in [1.82, 2.24) is 10.9 Å². The molecule has 10 heteroatoms. The van der Waals surface area contributed by atoms with Crippen LogP contribution in [0.1, 0.15) is 29.7 Å². The van der Waals surface area contributed by atoms with Crippen molar-refractivity contribution in [3.05, 3.63) is 64.2 Å². The number of ether oxygens (including phenoxy) is 1. The number of alkyl halides is 3. The number of methoxy groups -OCH3 is 1. The summed E-state index contributed by atoms with van der Waals surface area (Å²) >= 11 is 6.05. The minimum absolute atomic E-state index is 0.177. The van der Waals surface area contributed by atoms with Gasteiger partial charge in [0.2, 0.25) is 0 Å². The van der Waals surface area contributed by atoms with Crippen molar-refractivity contribution in [3.8, 4) is 0 Å². The van der Waals surface area contributed by atoms with Gasteiger partial charge < -0.3 is 10.1 Å². The number of hydrogen-bond acceptors (Lipinski definition) is 4. The lowest BCUT2D eigenvalue weighted by Crippen LogP contribution is -2.49. The van der Waals surface area contributed by atoms with E-state index in [0.717, 1.165) is 35.4 Å². The van der Waals surface area contributed by atoms with Crippen molar-refractivity contribution < 1.29 is 27.5 Å². The largest absolute Gasteiger partial charge is 0.469 e. The first-order valence-corrected chi connectivity index (χ1v) is 9.29. The summed E-state index contributed by atoms with van der Waals surface area (Å²) in [5.74, 6) is -0.461. The van der Waals surface area contributed by atoms with E-state index in [9.17, 15) is 22.8 Å². The number of nitrogens with one attached hydrogen (secondary N) is 3. The van der Waals surface area contributed by atoms with Crippen LogP contribution in [0.25, 0.3) is 0 Å². The summed E-state index contributed by atoms with van der Waals surface area (Å²) in [7, 11) is 1.28. The van der Waals surface area contributed by atoms with Gasteiger partial charge in [0, 0.05) is 10.7 Å². The predicted octanol–water partition coefficient (Wildman–Crippen LogP) is 4.46. The number of carbonyl (C=O) groups is 2. The molecule has 2 aromatic carbocycles. The van der Waals surface area contributed by atoms with Gasteiger partial charge in [0.05, 0.1) is 24.1 Å². The molecule has 0 radical (unpaired) electrons. The third kappa shape index (κ3) is 4.36. The molecule has 2 atom stereocenters. The summed E-state index contributed by atoms with van der Waals surface area (Å²) in [5.41, 5.74) is 5.27. The molecule has 2 unspecified atom stereocenters. The molecule has 0 aromatic heterocycles. The summed E-state index contributed by atoms with van der Waals surface area (Å²) in [6.45, 7) is 1.71. The predicted molar refractivity (Wildman–Crippen MR) is 105 cm³/mol. The number of halogens is 4. The highest BCUT2D eigenvalue weighted by Crippen LogP contribution is 2.46. The van der Waals surface area contributed by atoms with Crippen LogP contribution in [0.5, 0.6) is 0 Å². The molecule has 160 valence electrons. The zero-order valence-electron chi connectivity index (χ0n) is 16.1. The zero-order valence-corrected chi connectivity index (χ0v) is 16.8. The molecule has 0 saturated carbocycles. The van der Waals surface area contributed by atoms with Gasteiger partial charge in [-0.1, -0.05) is 17.7 Å². The molecule has 0 saturated heterocycles. The average molecular weight is 442 g/mol. The van der Waals surface area contributed by atoms with Gasteiger partial charge in [-0.3, -0.25) is 10.2 Å². The van der Waals surface area contributed by atoms with Crippen LogP contribution in [0.2, 0.25) is 5.02 Å². The maximum Gasteiger partial charge on any atom is 0.416 e. The number of urea groups is 1. The Kier molecular flexibility index (Phi) is 5.96. The molecule has 2 aromatic rings. The third-order valence-electron chi connectivity index (χ3n) is 5.06. The fourth-order valence-corrected chi connectivity index (χ4v) is 3.75. The second-order valence-electron chi connectivity index (χ2n) is 7.16. The Labute approximate surface area is 175 Å². The monoisotopic (exact) mass is 441 g/mol. The molecule has 1 aliphatic carbocycles. The lowest BCUT2D eigenvalue weighted by molar-refractivity contribution is -0.153. The molecule has 0 aliphatic heterocycles. The van der Waals surface area contributed by atoms with Gasteiger partial charge in [-0.2, -0.15) is 13.2 Å². The molecule has 0 spiro atoms. The number of amides is 2. The van der Waals surface area contributed by atoms with Crippen LogP contribution in [0.4, 0.5) is 23.7 Å². The van der Waals surface area contributed by atoms with E-state index in [4.69, 9.17) is 16.3 Å². The van der Waals surface area contributed by atoms with Gasteiger partial charge >= 0.3 is 18.2 Å².